The SMILES string of the molecule is CC(=O)CCC(Cc1ccc(C2=C[CH]2)cc1)C(C)=O. The zero-order chi connectivity index (χ0) is 13.8. The van der Waals surface area contributed by atoms with Gasteiger partial charge in [0.1, 0.15) is 11.6 Å². The van der Waals surface area contributed by atoms with Crippen LogP contribution in [0, 0.1) is 12.3 Å². The molecule has 1 aliphatic rings. The van der Waals surface area contributed by atoms with Crippen LogP contribution in [0.5, 0.6) is 0 Å². The van der Waals surface area contributed by atoms with E-state index in [0.717, 1.165) is 12.0 Å². The van der Waals surface area contributed by atoms with Gasteiger partial charge < -0.3 is 4.79 Å². The van der Waals surface area contributed by atoms with Crippen molar-refractivity contribution < 1.29 is 9.59 Å². The quantitative estimate of drug-likeness (QED) is 0.748. The highest BCUT2D eigenvalue weighted by atomic mass is 16.1. The first-order valence-corrected chi connectivity index (χ1v) is 6.70. The van der Waals surface area contributed by atoms with E-state index in [4.69, 9.17) is 0 Å². The summed E-state index contributed by atoms with van der Waals surface area (Å²) in [4.78, 5) is 22.6. The number of allylic oxidation sites excluding steroid dienone is 2. The van der Waals surface area contributed by atoms with Crippen molar-refractivity contribution in [2.45, 2.75) is 33.1 Å². The van der Waals surface area contributed by atoms with E-state index in [1.165, 1.54) is 11.1 Å². The lowest BCUT2D eigenvalue weighted by atomic mass is 9.90. The Labute approximate surface area is 114 Å². The smallest absolute Gasteiger partial charge is 0.133 e. The normalized spacial score (nSPS) is 14.7. The summed E-state index contributed by atoms with van der Waals surface area (Å²) in [6.45, 7) is 3.19. The first-order valence-electron chi connectivity index (χ1n) is 6.70. The highest BCUT2D eigenvalue weighted by Gasteiger charge is 2.16. The van der Waals surface area contributed by atoms with Crippen molar-refractivity contribution in [3.63, 3.8) is 0 Å². The summed E-state index contributed by atoms with van der Waals surface area (Å²) in [6, 6.07) is 8.33. The Hall–Kier alpha value is -1.70. The first kappa shape index (κ1) is 13.7. The highest BCUT2D eigenvalue weighted by Crippen LogP contribution is 2.29. The van der Waals surface area contributed by atoms with E-state index >= 15 is 0 Å². The van der Waals surface area contributed by atoms with E-state index in [2.05, 4.69) is 36.8 Å². The van der Waals surface area contributed by atoms with Crippen LogP contribution in [0.1, 0.15) is 37.8 Å². The Kier molecular flexibility index (Phi) is 4.31. The van der Waals surface area contributed by atoms with Crippen molar-refractivity contribution in [3.8, 4) is 0 Å². The van der Waals surface area contributed by atoms with Crippen molar-refractivity contribution in [1.82, 2.24) is 0 Å². The lowest BCUT2D eigenvalue weighted by Gasteiger charge is -2.13. The minimum Gasteiger partial charge on any atom is -0.300 e. The van der Waals surface area contributed by atoms with Crippen LogP contribution >= 0.6 is 0 Å². The van der Waals surface area contributed by atoms with Gasteiger partial charge in [0.25, 0.3) is 0 Å². The largest absolute Gasteiger partial charge is 0.300 e. The van der Waals surface area contributed by atoms with Crippen LogP contribution in [0.25, 0.3) is 5.57 Å². The molecule has 0 fully saturated rings. The summed E-state index contributed by atoms with van der Waals surface area (Å²) in [5, 5.41) is 0. The van der Waals surface area contributed by atoms with Gasteiger partial charge in [0.2, 0.25) is 0 Å². The lowest BCUT2D eigenvalue weighted by molar-refractivity contribution is -0.121. The van der Waals surface area contributed by atoms with Gasteiger partial charge in [-0.05, 0) is 43.4 Å². The van der Waals surface area contributed by atoms with E-state index in [1.807, 2.05) is 0 Å². The minimum atomic E-state index is -0.0403. The summed E-state index contributed by atoms with van der Waals surface area (Å²) in [5.74, 6) is 0.280. The van der Waals surface area contributed by atoms with Gasteiger partial charge in [-0.15, -0.1) is 0 Å². The summed E-state index contributed by atoms with van der Waals surface area (Å²) in [7, 11) is 0. The van der Waals surface area contributed by atoms with Crippen molar-refractivity contribution in [2.24, 2.45) is 5.92 Å². The Morgan fingerprint density at radius 2 is 1.74 bits per heavy atom. The maximum Gasteiger partial charge on any atom is 0.133 e. The predicted molar refractivity (Wildman–Crippen MR) is 76.5 cm³/mol. The zero-order valence-corrected chi connectivity index (χ0v) is 11.5. The molecule has 2 nitrogen and oxygen atoms in total. The molecule has 99 valence electrons. The Bertz CT molecular complexity index is 509. The molecule has 0 heterocycles. The number of rotatable bonds is 7. The van der Waals surface area contributed by atoms with Gasteiger partial charge in [0.05, 0.1) is 0 Å². The van der Waals surface area contributed by atoms with Gasteiger partial charge in [-0.2, -0.15) is 0 Å². The van der Waals surface area contributed by atoms with Crippen LogP contribution in [0.2, 0.25) is 0 Å². The molecule has 2 heteroatoms. The zero-order valence-electron chi connectivity index (χ0n) is 11.5. The molecule has 0 aromatic heterocycles. The van der Waals surface area contributed by atoms with Gasteiger partial charge in [-0.1, -0.05) is 30.3 Å². The van der Waals surface area contributed by atoms with Crippen molar-refractivity contribution in [2.75, 3.05) is 0 Å². The maximum absolute atomic E-state index is 11.6. The van der Waals surface area contributed by atoms with Crippen molar-refractivity contribution in [3.05, 3.63) is 47.9 Å². The summed E-state index contributed by atoms with van der Waals surface area (Å²) < 4.78 is 0. The minimum absolute atomic E-state index is 0.0403. The molecule has 1 unspecified atom stereocenters. The number of hydrogen-bond donors (Lipinski definition) is 0. The monoisotopic (exact) mass is 255 g/mol. The second-order valence-corrected chi connectivity index (χ2v) is 5.24. The topological polar surface area (TPSA) is 34.1 Å². The molecule has 1 aromatic carbocycles. The van der Waals surface area contributed by atoms with E-state index in [1.54, 1.807) is 13.8 Å². The van der Waals surface area contributed by atoms with Gasteiger partial charge in [-0.25, -0.2) is 0 Å². The molecule has 0 N–H and O–H groups in total. The number of Topliss-reactive ketones (excluding diaryl/α,β-unsaturated/α-hetero) is 2. The number of ketones is 2. The van der Waals surface area contributed by atoms with Gasteiger partial charge in [0.15, 0.2) is 0 Å². The Balaban J connectivity index is 1.97. The van der Waals surface area contributed by atoms with Crippen LogP contribution in [0.3, 0.4) is 0 Å². The molecule has 0 bridgehead atoms. The van der Waals surface area contributed by atoms with E-state index in [9.17, 15) is 9.59 Å². The predicted octanol–water partition coefficient (Wildman–Crippen LogP) is 3.40. The van der Waals surface area contributed by atoms with E-state index in [0.29, 0.717) is 12.8 Å². The fourth-order valence-corrected chi connectivity index (χ4v) is 2.18. The number of hydrogen-bond acceptors (Lipinski definition) is 2. The number of carbonyl (C=O) groups excluding carboxylic acids is 2. The highest BCUT2D eigenvalue weighted by molar-refractivity contribution is 5.87. The molecule has 0 spiro atoms. The second kappa shape index (κ2) is 5.96. The average molecular weight is 255 g/mol. The van der Waals surface area contributed by atoms with Crippen molar-refractivity contribution >= 4 is 17.1 Å². The fraction of sp³-hybridized carbons (Fsp3) is 0.353. The molecule has 2 rings (SSSR count). The molecule has 0 aliphatic heterocycles. The van der Waals surface area contributed by atoms with Crippen LogP contribution in [0.4, 0.5) is 0 Å². The fourth-order valence-electron chi connectivity index (χ4n) is 2.18. The third-order valence-electron chi connectivity index (χ3n) is 3.52. The summed E-state index contributed by atoms with van der Waals surface area (Å²) >= 11 is 0. The Morgan fingerprint density at radius 1 is 1.11 bits per heavy atom. The van der Waals surface area contributed by atoms with Gasteiger partial charge in [0, 0.05) is 18.8 Å². The second-order valence-electron chi connectivity index (χ2n) is 5.24. The third kappa shape index (κ3) is 4.16. The molecular weight excluding hydrogens is 236 g/mol. The third-order valence-corrected chi connectivity index (χ3v) is 3.52. The van der Waals surface area contributed by atoms with Gasteiger partial charge in [-0.3, -0.25) is 4.79 Å². The van der Waals surface area contributed by atoms with Crippen LogP contribution in [-0.4, -0.2) is 11.6 Å². The van der Waals surface area contributed by atoms with E-state index < -0.39 is 0 Å². The molecule has 1 radical (unpaired) electrons. The average Bonchev–Trinajstić information content (AvgIpc) is 3.19. The molecule has 1 aromatic rings. The van der Waals surface area contributed by atoms with Crippen LogP contribution in [-0.2, 0) is 16.0 Å². The summed E-state index contributed by atoms with van der Waals surface area (Å²) in [6.07, 6.45) is 6.04. The molecule has 0 saturated heterocycles. The van der Waals surface area contributed by atoms with E-state index in [-0.39, 0.29) is 17.5 Å². The van der Waals surface area contributed by atoms with Crippen molar-refractivity contribution in [1.29, 1.82) is 0 Å². The number of carbonyl (C=O) groups is 2. The van der Waals surface area contributed by atoms with Crippen LogP contribution in [0.15, 0.2) is 30.3 Å². The molecule has 19 heavy (non-hydrogen) atoms. The molecule has 1 atom stereocenters. The lowest BCUT2D eigenvalue weighted by Crippen LogP contribution is -2.15. The molecule has 0 saturated carbocycles. The summed E-state index contributed by atoms with van der Waals surface area (Å²) in [5.41, 5.74) is 3.67. The van der Waals surface area contributed by atoms with Crippen LogP contribution < -0.4 is 0 Å². The standard InChI is InChI=1S/C17H19O2/c1-12(18)3-6-17(13(2)19)11-14-4-7-15(8-5-14)16-9-10-16/h4-5,7-10,17H,3,6,11H2,1-2H3. The molecular formula is C17H19O2. The Morgan fingerprint density at radius 3 is 2.21 bits per heavy atom. The maximum atomic E-state index is 11.6. The molecule has 1 aliphatic carbocycles. The molecule has 0 amide bonds. The first-order chi connectivity index (χ1) is 9.06. The van der Waals surface area contributed by atoms with Gasteiger partial charge >= 0.3 is 0 Å². The number of benzene rings is 1.